The van der Waals surface area contributed by atoms with Crippen molar-refractivity contribution < 1.29 is 4.52 Å². The first-order valence-corrected chi connectivity index (χ1v) is 7.55. The molecule has 120 valence electrons. The van der Waals surface area contributed by atoms with Crippen LogP contribution in [0.25, 0.3) is 0 Å². The first kappa shape index (κ1) is 16.9. The van der Waals surface area contributed by atoms with Crippen LogP contribution in [0.5, 0.6) is 0 Å². The minimum Gasteiger partial charge on any atom is -0.338 e. The van der Waals surface area contributed by atoms with E-state index in [0.717, 1.165) is 18.3 Å². The highest BCUT2D eigenvalue weighted by Gasteiger charge is 2.32. The van der Waals surface area contributed by atoms with Crippen LogP contribution < -0.4 is 5.73 Å². The normalized spacial score (nSPS) is 15.6. The summed E-state index contributed by atoms with van der Waals surface area (Å²) in [5.74, 6) is 2.03. The molecule has 1 aromatic heterocycles. The molecule has 2 N–H and O–H groups in total. The molecule has 0 aliphatic heterocycles. The van der Waals surface area contributed by atoms with Gasteiger partial charge in [-0.1, -0.05) is 35.5 Å². The quantitative estimate of drug-likeness (QED) is 0.849. The number of nitrogens with two attached hydrogens (primary N) is 1. The van der Waals surface area contributed by atoms with E-state index in [-0.39, 0.29) is 12.4 Å². The fraction of sp³-hybridized carbons (Fsp3) is 0.500. The Labute approximate surface area is 137 Å². The van der Waals surface area contributed by atoms with E-state index in [1.807, 2.05) is 6.07 Å². The molecule has 6 heteroatoms. The number of aromatic nitrogens is 2. The fourth-order valence-corrected chi connectivity index (χ4v) is 2.66. The molecule has 1 aliphatic carbocycles. The molecule has 1 aromatic carbocycles. The third-order valence-corrected chi connectivity index (χ3v) is 4.14. The summed E-state index contributed by atoms with van der Waals surface area (Å²) in [4.78, 5) is 6.76. The molecule has 1 atom stereocenters. The van der Waals surface area contributed by atoms with E-state index < -0.39 is 0 Å². The zero-order chi connectivity index (χ0) is 14.7. The minimum absolute atomic E-state index is 0. The first-order valence-electron chi connectivity index (χ1n) is 7.55. The van der Waals surface area contributed by atoms with Crippen molar-refractivity contribution in [2.75, 3.05) is 0 Å². The van der Waals surface area contributed by atoms with Gasteiger partial charge in [-0.15, -0.1) is 12.4 Å². The summed E-state index contributed by atoms with van der Waals surface area (Å²) in [5, 5.41) is 4.02. The van der Waals surface area contributed by atoms with Gasteiger partial charge in [0, 0.05) is 12.6 Å². The van der Waals surface area contributed by atoms with Gasteiger partial charge in [-0.05, 0) is 31.2 Å². The number of nitrogens with zero attached hydrogens (tertiary/aromatic N) is 3. The zero-order valence-electron chi connectivity index (χ0n) is 12.8. The SMILES string of the molecule is CC(C1CC1)N(Cc1ccccc1)Cc1noc(CN)n1.Cl. The third-order valence-electron chi connectivity index (χ3n) is 4.14. The van der Waals surface area contributed by atoms with Crippen LogP contribution in [-0.4, -0.2) is 21.1 Å². The predicted molar refractivity (Wildman–Crippen MR) is 87.3 cm³/mol. The van der Waals surface area contributed by atoms with Crippen molar-refractivity contribution in [3.05, 3.63) is 47.6 Å². The Hall–Kier alpha value is -1.43. The lowest BCUT2D eigenvalue weighted by atomic mass is 10.1. The summed E-state index contributed by atoms with van der Waals surface area (Å²) in [6, 6.07) is 11.1. The second-order valence-corrected chi connectivity index (χ2v) is 5.78. The molecule has 1 heterocycles. The lowest BCUT2D eigenvalue weighted by Crippen LogP contribution is -2.34. The van der Waals surface area contributed by atoms with Crippen molar-refractivity contribution in [2.24, 2.45) is 11.7 Å². The average molecular weight is 323 g/mol. The second-order valence-electron chi connectivity index (χ2n) is 5.78. The molecule has 1 saturated carbocycles. The maximum absolute atomic E-state index is 5.53. The Morgan fingerprint density at radius 2 is 2.00 bits per heavy atom. The van der Waals surface area contributed by atoms with Crippen molar-refractivity contribution in [2.45, 2.75) is 45.4 Å². The summed E-state index contributed by atoms with van der Waals surface area (Å²) in [6.07, 6.45) is 2.65. The second kappa shape index (κ2) is 7.72. The Balaban J connectivity index is 0.00000176. The average Bonchev–Trinajstić information content (AvgIpc) is 3.27. The van der Waals surface area contributed by atoms with Crippen molar-refractivity contribution in [3.8, 4) is 0 Å². The van der Waals surface area contributed by atoms with Gasteiger partial charge in [0.1, 0.15) is 0 Å². The molecular weight excluding hydrogens is 300 g/mol. The largest absolute Gasteiger partial charge is 0.338 e. The highest BCUT2D eigenvalue weighted by Crippen LogP contribution is 2.36. The molecule has 22 heavy (non-hydrogen) atoms. The maximum Gasteiger partial charge on any atom is 0.240 e. The van der Waals surface area contributed by atoms with E-state index >= 15 is 0 Å². The molecule has 1 aliphatic rings. The van der Waals surface area contributed by atoms with Crippen LogP contribution >= 0.6 is 12.4 Å². The molecule has 0 radical (unpaired) electrons. The van der Waals surface area contributed by atoms with Gasteiger partial charge in [0.15, 0.2) is 5.82 Å². The molecule has 1 fully saturated rings. The first-order chi connectivity index (χ1) is 10.3. The molecule has 3 rings (SSSR count). The Morgan fingerprint density at radius 3 is 2.59 bits per heavy atom. The van der Waals surface area contributed by atoms with Crippen LogP contribution in [0, 0.1) is 5.92 Å². The summed E-state index contributed by atoms with van der Waals surface area (Å²) in [6.45, 7) is 4.20. The van der Waals surface area contributed by atoms with Gasteiger partial charge < -0.3 is 10.3 Å². The van der Waals surface area contributed by atoms with Gasteiger partial charge >= 0.3 is 0 Å². The molecule has 0 bridgehead atoms. The molecule has 5 nitrogen and oxygen atoms in total. The van der Waals surface area contributed by atoms with E-state index in [0.29, 0.717) is 25.0 Å². The highest BCUT2D eigenvalue weighted by molar-refractivity contribution is 5.85. The third kappa shape index (κ3) is 4.29. The summed E-state index contributed by atoms with van der Waals surface area (Å²) in [7, 11) is 0. The standard InChI is InChI=1S/C16H22N4O.ClH/c1-12(14-7-8-14)20(10-13-5-3-2-4-6-13)11-15-18-16(9-17)21-19-15;/h2-6,12,14H,7-11,17H2,1H3;1H. The van der Waals surface area contributed by atoms with E-state index in [4.69, 9.17) is 10.3 Å². The van der Waals surface area contributed by atoms with E-state index in [1.165, 1.54) is 18.4 Å². The summed E-state index contributed by atoms with van der Waals surface area (Å²) in [5.41, 5.74) is 6.84. The van der Waals surface area contributed by atoms with Crippen molar-refractivity contribution >= 4 is 12.4 Å². The molecule has 0 amide bonds. The van der Waals surface area contributed by atoms with Crippen molar-refractivity contribution in [1.29, 1.82) is 0 Å². The maximum atomic E-state index is 5.53. The number of hydrogen-bond acceptors (Lipinski definition) is 5. The number of benzene rings is 1. The Bertz CT molecular complexity index is 571. The summed E-state index contributed by atoms with van der Waals surface area (Å²) >= 11 is 0. The van der Waals surface area contributed by atoms with E-state index in [9.17, 15) is 0 Å². The van der Waals surface area contributed by atoms with Crippen LogP contribution in [0.4, 0.5) is 0 Å². The van der Waals surface area contributed by atoms with Gasteiger partial charge in [0.25, 0.3) is 0 Å². The van der Waals surface area contributed by atoms with Crippen LogP contribution in [0.3, 0.4) is 0 Å². The van der Waals surface area contributed by atoms with Crippen LogP contribution in [0.15, 0.2) is 34.9 Å². The Kier molecular flexibility index (Phi) is 5.94. The van der Waals surface area contributed by atoms with Crippen molar-refractivity contribution in [1.82, 2.24) is 15.0 Å². The van der Waals surface area contributed by atoms with Crippen LogP contribution in [0.2, 0.25) is 0 Å². The molecule has 0 saturated heterocycles. The van der Waals surface area contributed by atoms with Crippen LogP contribution in [0.1, 0.15) is 37.0 Å². The van der Waals surface area contributed by atoms with Gasteiger partial charge in [0.2, 0.25) is 5.89 Å². The fourth-order valence-electron chi connectivity index (χ4n) is 2.66. The van der Waals surface area contributed by atoms with E-state index in [1.54, 1.807) is 0 Å². The molecular formula is C16H23ClN4O. The number of halogens is 1. The lowest BCUT2D eigenvalue weighted by Gasteiger charge is -2.28. The van der Waals surface area contributed by atoms with Gasteiger partial charge in [-0.2, -0.15) is 4.98 Å². The highest BCUT2D eigenvalue weighted by atomic mass is 35.5. The number of rotatable bonds is 7. The number of hydrogen-bond donors (Lipinski definition) is 1. The Morgan fingerprint density at radius 1 is 1.27 bits per heavy atom. The monoisotopic (exact) mass is 322 g/mol. The van der Waals surface area contributed by atoms with Crippen molar-refractivity contribution in [3.63, 3.8) is 0 Å². The summed E-state index contributed by atoms with van der Waals surface area (Å²) < 4.78 is 5.11. The predicted octanol–water partition coefficient (Wildman–Crippen LogP) is 2.75. The smallest absolute Gasteiger partial charge is 0.240 e. The van der Waals surface area contributed by atoms with E-state index in [2.05, 4.69) is 46.2 Å². The molecule has 1 unspecified atom stereocenters. The van der Waals surface area contributed by atoms with Crippen LogP contribution in [-0.2, 0) is 19.6 Å². The topological polar surface area (TPSA) is 68.2 Å². The van der Waals surface area contributed by atoms with Gasteiger partial charge in [0.05, 0.1) is 13.1 Å². The van der Waals surface area contributed by atoms with Gasteiger partial charge in [-0.3, -0.25) is 4.90 Å². The molecule has 0 spiro atoms. The van der Waals surface area contributed by atoms with Gasteiger partial charge in [-0.25, -0.2) is 0 Å². The lowest BCUT2D eigenvalue weighted by molar-refractivity contribution is 0.165. The molecule has 2 aromatic rings. The minimum atomic E-state index is 0. The zero-order valence-corrected chi connectivity index (χ0v) is 13.6.